The van der Waals surface area contributed by atoms with Gasteiger partial charge < -0.3 is 15.5 Å². The van der Waals surface area contributed by atoms with Crippen molar-refractivity contribution < 1.29 is 9.59 Å². The van der Waals surface area contributed by atoms with E-state index in [0.29, 0.717) is 19.0 Å². The Kier molecular flexibility index (Phi) is 7.69. The minimum Gasteiger partial charge on any atom is -0.378 e. The second kappa shape index (κ2) is 10.4. The molecule has 0 spiro atoms. The summed E-state index contributed by atoms with van der Waals surface area (Å²) in [5, 5.41) is 5.55. The van der Waals surface area contributed by atoms with Gasteiger partial charge in [0, 0.05) is 46.0 Å². The van der Waals surface area contributed by atoms with Crippen LogP contribution in [-0.2, 0) is 22.6 Å². The van der Waals surface area contributed by atoms with E-state index in [1.54, 1.807) is 0 Å². The first-order valence-electron chi connectivity index (χ1n) is 11.0. The number of carbonyl (C=O) groups excluding carboxylic acids is 2. The highest BCUT2D eigenvalue weighted by molar-refractivity contribution is 6.35. The van der Waals surface area contributed by atoms with Gasteiger partial charge in [0.05, 0.1) is 6.04 Å². The predicted molar refractivity (Wildman–Crippen MR) is 125 cm³/mol. The Morgan fingerprint density at radius 3 is 2.16 bits per heavy atom. The number of nitrogens with zero attached hydrogens (tertiary/aromatic N) is 2. The fourth-order valence-electron chi connectivity index (χ4n) is 3.88. The lowest BCUT2D eigenvalue weighted by Crippen LogP contribution is -2.45. The molecule has 0 aliphatic carbocycles. The maximum absolute atomic E-state index is 12.4. The minimum absolute atomic E-state index is 0.00795. The Bertz CT molecular complexity index is 893. The van der Waals surface area contributed by atoms with Gasteiger partial charge in [0.1, 0.15) is 0 Å². The lowest BCUT2D eigenvalue weighted by atomic mass is 9.96. The molecule has 0 bridgehead atoms. The number of anilines is 1. The number of amides is 2. The highest BCUT2D eigenvalue weighted by atomic mass is 16.2. The molecule has 0 saturated carbocycles. The molecule has 0 radical (unpaired) electrons. The minimum atomic E-state index is -0.576. The maximum Gasteiger partial charge on any atom is 0.309 e. The Labute approximate surface area is 185 Å². The second-order valence-corrected chi connectivity index (χ2v) is 8.80. The van der Waals surface area contributed by atoms with Crippen molar-refractivity contribution in [3.05, 3.63) is 65.2 Å². The van der Waals surface area contributed by atoms with Crippen molar-refractivity contribution in [3.8, 4) is 0 Å². The van der Waals surface area contributed by atoms with E-state index in [4.69, 9.17) is 0 Å². The van der Waals surface area contributed by atoms with E-state index < -0.39 is 11.8 Å². The van der Waals surface area contributed by atoms with Crippen molar-refractivity contribution in [2.75, 3.05) is 38.6 Å². The number of hydrogen-bond donors (Lipinski definition) is 2. The summed E-state index contributed by atoms with van der Waals surface area (Å²) in [6, 6.07) is 16.9. The largest absolute Gasteiger partial charge is 0.378 e. The molecule has 2 aromatic carbocycles. The number of nitrogens with one attached hydrogen (secondary N) is 2. The van der Waals surface area contributed by atoms with Crippen LogP contribution in [0.15, 0.2) is 48.5 Å². The molecule has 31 heavy (non-hydrogen) atoms. The van der Waals surface area contributed by atoms with Gasteiger partial charge in [0.25, 0.3) is 0 Å². The summed E-state index contributed by atoms with van der Waals surface area (Å²) in [5.74, 6) is -0.847. The third kappa shape index (κ3) is 6.07. The lowest BCUT2D eigenvalue weighted by molar-refractivity contribution is -0.139. The average Bonchev–Trinajstić information content (AvgIpc) is 2.77. The van der Waals surface area contributed by atoms with Crippen LogP contribution in [0.2, 0.25) is 0 Å². The number of carbonyl (C=O) groups is 2. The average molecular weight is 423 g/mol. The van der Waals surface area contributed by atoms with Crippen molar-refractivity contribution in [1.82, 2.24) is 15.5 Å². The Balaban J connectivity index is 1.75. The third-order valence-corrected chi connectivity index (χ3v) is 5.73. The van der Waals surface area contributed by atoms with Gasteiger partial charge in [-0.05, 0) is 41.2 Å². The fourth-order valence-corrected chi connectivity index (χ4v) is 3.88. The summed E-state index contributed by atoms with van der Waals surface area (Å²) >= 11 is 0. The molecule has 1 unspecified atom stereocenters. The van der Waals surface area contributed by atoms with Gasteiger partial charge in [-0.2, -0.15) is 0 Å². The zero-order chi connectivity index (χ0) is 22.4. The first-order chi connectivity index (χ1) is 14.8. The highest BCUT2D eigenvalue weighted by Gasteiger charge is 2.26. The van der Waals surface area contributed by atoms with E-state index in [1.165, 1.54) is 11.1 Å². The summed E-state index contributed by atoms with van der Waals surface area (Å²) < 4.78 is 0. The van der Waals surface area contributed by atoms with Crippen LogP contribution in [0.1, 0.15) is 36.6 Å². The molecule has 2 amide bonds. The topological polar surface area (TPSA) is 64.7 Å². The first-order valence-corrected chi connectivity index (χ1v) is 11.0. The van der Waals surface area contributed by atoms with E-state index in [1.807, 2.05) is 27.9 Å². The molecular formula is C25H34N4O2. The molecule has 1 atom stereocenters. The molecule has 166 valence electrons. The quantitative estimate of drug-likeness (QED) is 0.674. The molecule has 1 aliphatic heterocycles. The molecule has 0 aromatic heterocycles. The Morgan fingerprint density at radius 1 is 0.935 bits per heavy atom. The van der Waals surface area contributed by atoms with Crippen molar-refractivity contribution in [3.63, 3.8) is 0 Å². The summed E-state index contributed by atoms with van der Waals surface area (Å²) in [4.78, 5) is 28.9. The van der Waals surface area contributed by atoms with Crippen molar-refractivity contribution >= 4 is 17.5 Å². The molecule has 6 heteroatoms. The molecular weight excluding hydrogens is 388 g/mol. The lowest BCUT2D eigenvalue weighted by Gasteiger charge is -2.36. The summed E-state index contributed by atoms with van der Waals surface area (Å²) in [6.45, 7) is 6.61. The number of rotatable bonds is 7. The summed E-state index contributed by atoms with van der Waals surface area (Å²) in [5.41, 5.74) is 4.97. The van der Waals surface area contributed by atoms with Crippen LogP contribution >= 0.6 is 0 Å². The van der Waals surface area contributed by atoms with Gasteiger partial charge in [-0.1, -0.05) is 50.2 Å². The van der Waals surface area contributed by atoms with Crippen LogP contribution in [0.5, 0.6) is 0 Å². The van der Waals surface area contributed by atoms with Gasteiger partial charge in [-0.25, -0.2) is 0 Å². The molecule has 2 aromatic rings. The smallest absolute Gasteiger partial charge is 0.309 e. The zero-order valence-electron chi connectivity index (χ0n) is 19.0. The Hall–Kier alpha value is -2.86. The normalized spacial score (nSPS) is 14.6. The second-order valence-electron chi connectivity index (χ2n) is 8.80. The van der Waals surface area contributed by atoms with Crippen molar-refractivity contribution in [2.45, 2.75) is 32.9 Å². The SMILES string of the molecule is CC(C)CNC(=O)C(=O)NCC(c1ccc(N(C)C)cc1)N1CCc2ccccc2C1. The number of hydrogen-bond acceptors (Lipinski definition) is 4. The van der Waals surface area contributed by atoms with E-state index in [2.05, 4.69) is 69.0 Å². The van der Waals surface area contributed by atoms with Crippen LogP contribution in [0, 0.1) is 5.92 Å². The predicted octanol–water partition coefficient (Wildman–Crippen LogP) is 2.74. The van der Waals surface area contributed by atoms with Gasteiger partial charge in [-0.3, -0.25) is 14.5 Å². The van der Waals surface area contributed by atoms with Gasteiger partial charge >= 0.3 is 11.8 Å². The van der Waals surface area contributed by atoms with Gasteiger partial charge in [0.15, 0.2) is 0 Å². The van der Waals surface area contributed by atoms with Crippen LogP contribution in [0.25, 0.3) is 0 Å². The summed E-state index contributed by atoms with van der Waals surface area (Å²) in [7, 11) is 4.04. The fraction of sp³-hybridized carbons (Fsp3) is 0.440. The van der Waals surface area contributed by atoms with E-state index in [9.17, 15) is 9.59 Å². The van der Waals surface area contributed by atoms with Crippen molar-refractivity contribution in [2.24, 2.45) is 5.92 Å². The molecule has 0 saturated heterocycles. The first kappa shape index (κ1) is 22.8. The Morgan fingerprint density at radius 2 is 1.55 bits per heavy atom. The van der Waals surface area contributed by atoms with Crippen LogP contribution in [0.3, 0.4) is 0 Å². The van der Waals surface area contributed by atoms with E-state index >= 15 is 0 Å². The molecule has 1 aliphatic rings. The standard InChI is InChI=1S/C25H34N4O2/c1-18(2)15-26-24(30)25(31)27-16-23(20-9-11-22(12-10-20)28(3)4)29-14-13-19-7-5-6-8-21(19)17-29/h5-12,18,23H,13-17H2,1-4H3,(H,26,30)(H,27,31). The van der Waals surface area contributed by atoms with Gasteiger partial charge in [0.2, 0.25) is 0 Å². The highest BCUT2D eigenvalue weighted by Crippen LogP contribution is 2.28. The molecule has 2 N–H and O–H groups in total. The van der Waals surface area contributed by atoms with Crippen LogP contribution in [-0.4, -0.2) is 50.4 Å². The molecule has 3 rings (SSSR count). The van der Waals surface area contributed by atoms with Crippen molar-refractivity contribution in [1.29, 1.82) is 0 Å². The zero-order valence-corrected chi connectivity index (χ0v) is 19.0. The van der Waals surface area contributed by atoms with Crippen LogP contribution in [0.4, 0.5) is 5.69 Å². The number of benzene rings is 2. The maximum atomic E-state index is 12.4. The molecule has 6 nitrogen and oxygen atoms in total. The van der Waals surface area contributed by atoms with E-state index in [-0.39, 0.29) is 6.04 Å². The van der Waals surface area contributed by atoms with E-state index in [0.717, 1.165) is 30.8 Å². The molecule has 1 heterocycles. The van der Waals surface area contributed by atoms with Crippen LogP contribution < -0.4 is 15.5 Å². The third-order valence-electron chi connectivity index (χ3n) is 5.73. The summed E-state index contributed by atoms with van der Waals surface area (Å²) in [6.07, 6.45) is 0.977. The van der Waals surface area contributed by atoms with Gasteiger partial charge in [-0.15, -0.1) is 0 Å². The number of fused-ring (bicyclic) bond motifs is 1. The monoisotopic (exact) mass is 422 g/mol. The molecule has 0 fully saturated rings.